The van der Waals surface area contributed by atoms with E-state index >= 15 is 0 Å². The molecular weight excluding hydrogens is 144 g/mol. The summed E-state index contributed by atoms with van der Waals surface area (Å²) in [5.74, 6) is 3.83. The zero-order valence-corrected chi connectivity index (χ0v) is 9.14. The molecule has 0 N–H and O–H groups in total. The number of rotatable bonds is 2. The van der Waals surface area contributed by atoms with Crippen LogP contribution in [0.15, 0.2) is 0 Å². The summed E-state index contributed by atoms with van der Waals surface area (Å²) < 4.78 is 0. The monoisotopic (exact) mass is 168 g/mol. The van der Waals surface area contributed by atoms with E-state index in [1.807, 2.05) is 0 Å². The SMILES string of the molecule is CC(C)[C@H]1CCCC[C@H]1C(C)C. The smallest absolute Gasteiger partial charge is 0.0360 e. The lowest BCUT2D eigenvalue weighted by Crippen LogP contribution is -2.27. The molecule has 0 saturated heterocycles. The van der Waals surface area contributed by atoms with Crippen LogP contribution in [0.4, 0.5) is 0 Å². The van der Waals surface area contributed by atoms with E-state index in [9.17, 15) is 0 Å². The average Bonchev–Trinajstić information content (AvgIpc) is 2.04. The molecule has 1 aliphatic rings. The molecule has 0 nitrogen and oxygen atoms in total. The van der Waals surface area contributed by atoms with E-state index in [0.717, 1.165) is 23.7 Å². The first-order valence-electron chi connectivity index (χ1n) is 5.63. The molecule has 0 aromatic carbocycles. The van der Waals surface area contributed by atoms with Gasteiger partial charge in [0.25, 0.3) is 0 Å². The second-order valence-electron chi connectivity index (χ2n) is 5.10. The van der Waals surface area contributed by atoms with Crippen molar-refractivity contribution >= 4 is 0 Å². The normalized spacial score (nSPS) is 31.5. The second-order valence-corrected chi connectivity index (χ2v) is 5.10. The molecule has 1 fully saturated rings. The summed E-state index contributed by atoms with van der Waals surface area (Å²) in [5.41, 5.74) is 0. The van der Waals surface area contributed by atoms with Crippen molar-refractivity contribution in [2.75, 3.05) is 0 Å². The van der Waals surface area contributed by atoms with Gasteiger partial charge in [-0.2, -0.15) is 0 Å². The zero-order valence-electron chi connectivity index (χ0n) is 9.14. The average molecular weight is 168 g/mol. The largest absolute Gasteiger partial charge is 0.0625 e. The van der Waals surface area contributed by atoms with Crippen LogP contribution in [0.3, 0.4) is 0 Å². The Hall–Kier alpha value is 0. The summed E-state index contributed by atoms with van der Waals surface area (Å²) in [5, 5.41) is 0. The van der Waals surface area contributed by atoms with Crippen LogP contribution in [0.5, 0.6) is 0 Å². The summed E-state index contributed by atoms with van der Waals surface area (Å²) in [7, 11) is 0. The van der Waals surface area contributed by atoms with Crippen LogP contribution in [-0.2, 0) is 0 Å². The Balaban J connectivity index is 2.54. The van der Waals surface area contributed by atoms with E-state index < -0.39 is 0 Å². The Bertz CT molecular complexity index is 108. The van der Waals surface area contributed by atoms with Gasteiger partial charge in [0.2, 0.25) is 0 Å². The van der Waals surface area contributed by atoms with Crippen molar-refractivity contribution in [3.05, 3.63) is 0 Å². The third-order valence-electron chi connectivity index (χ3n) is 3.59. The topological polar surface area (TPSA) is 0 Å². The molecule has 0 heteroatoms. The number of hydrogen-bond donors (Lipinski definition) is 0. The van der Waals surface area contributed by atoms with Gasteiger partial charge < -0.3 is 0 Å². The van der Waals surface area contributed by atoms with Crippen molar-refractivity contribution in [3.63, 3.8) is 0 Å². The van der Waals surface area contributed by atoms with Crippen molar-refractivity contribution in [2.24, 2.45) is 23.7 Å². The molecule has 1 aliphatic carbocycles. The first-order chi connectivity index (χ1) is 5.63. The highest BCUT2D eigenvalue weighted by Crippen LogP contribution is 2.38. The molecule has 1 rings (SSSR count). The molecule has 0 heterocycles. The molecular formula is C12H24. The molecule has 0 aromatic rings. The highest BCUT2D eigenvalue weighted by molar-refractivity contribution is 4.79. The molecule has 0 bridgehead atoms. The summed E-state index contributed by atoms with van der Waals surface area (Å²) in [4.78, 5) is 0. The van der Waals surface area contributed by atoms with Crippen LogP contribution in [0.2, 0.25) is 0 Å². The van der Waals surface area contributed by atoms with Crippen molar-refractivity contribution in [1.29, 1.82) is 0 Å². The minimum atomic E-state index is 0.901. The van der Waals surface area contributed by atoms with E-state index in [-0.39, 0.29) is 0 Å². The third-order valence-corrected chi connectivity index (χ3v) is 3.59. The van der Waals surface area contributed by atoms with Crippen molar-refractivity contribution in [2.45, 2.75) is 53.4 Å². The van der Waals surface area contributed by atoms with Gasteiger partial charge in [-0.15, -0.1) is 0 Å². The minimum absolute atomic E-state index is 0.901. The third kappa shape index (κ3) is 2.24. The van der Waals surface area contributed by atoms with E-state index in [0.29, 0.717) is 0 Å². The fourth-order valence-electron chi connectivity index (χ4n) is 2.84. The molecule has 0 aliphatic heterocycles. The van der Waals surface area contributed by atoms with Gasteiger partial charge in [0.15, 0.2) is 0 Å². The maximum absolute atomic E-state index is 2.39. The van der Waals surface area contributed by atoms with Gasteiger partial charge in [-0.3, -0.25) is 0 Å². The van der Waals surface area contributed by atoms with Gasteiger partial charge in [0, 0.05) is 0 Å². The first-order valence-corrected chi connectivity index (χ1v) is 5.63. The highest BCUT2D eigenvalue weighted by atomic mass is 14.3. The predicted molar refractivity (Wildman–Crippen MR) is 55.1 cm³/mol. The van der Waals surface area contributed by atoms with E-state index in [2.05, 4.69) is 27.7 Å². The van der Waals surface area contributed by atoms with Crippen LogP contribution >= 0.6 is 0 Å². The Morgan fingerprint density at radius 1 is 0.750 bits per heavy atom. The van der Waals surface area contributed by atoms with Gasteiger partial charge in [-0.05, 0) is 36.5 Å². The lowest BCUT2D eigenvalue weighted by atomic mass is 9.69. The van der Waals surface area contributed by atoms with Crippen LogP contribution in [0.1, 0.15) is 53.4 Å². The Labute approximate surface area is 77.7 Å². The molecule has 0 radical (unpaired) electrons. The van der Waals surface area contributed by atoms with Crippen molar-refractivity contribution in [1.82, 2.24) is 0 Å². The summed E-state index contributed by atoms with van der Waals surface area (Å²) in [6.45, 7) is 9.58. The van der Waals surface area contributed by atoms with Crippen molar-refractivity contribution in [3.8, 4) is 0 Å². The zero-order chi connectivity index (χ0) is 9.14. The Morgan fingerprint density at radius 2 is 1.08 bits per heavy atom. The standard InChI is InChI=1S/C12H24/c1-9(2)11-7-5-6-8-12(11)10(3)4/h9-12H,5-8H2,1-4H3/t11-,12+. The predicted octanol–water partition coefficient (Wildman–Crippen LogP) is 4.10. The van der Waals surface area contributed by atoms with Crippen LogP contribution in [-0.4, -0.2) is 0 Å². The fourth-order valence-corrected chi connectivity index (χ4v) is 2.84. The molecule has 0 spiro atoms. The van der Waals surface area contributed by atoms with Gasteiger partial charge in [-0.1, -0.05) is 40.5 Å². The first kappa shape index (κ1) is 10.1. The summed E-state index contributed by atoms with van der Waals surface area (Å²) in [6.07, 6.45) is 5.93. The molecule has 0 unspecified atom stereocenters. The molecule has 0 amide bonds. The minimum Gasteiger partial charge on any atom is -0.0625 e. The molecule has 2 atom stereocenters. The Morgan fingerprint density at radius 3 is 1.33 bits per heavy atom. The Kier molecular flexibility index (Phi) is 3.61. The molecule has 12 heavy (non-hydrogen) atoms. The molecule has 72 valence electrons. The fraction of sp³-hybridized carbons (Fsp3) is 1.00. The van der Waals surface area contributed by atoms with E-state index in [1.54, 1.807) is 0 Å². The molecule has 1 saturated carbocycles. The lowest BCUT2D eigenvalue weighted by Gasteiger charge is -2.37. The highest BCUT2D eigenvalue weighted by Gasteiger charge is 2.29. The molecule has 0 aromatic heterocycles. The van der Waals surface area contributed by atoms with Crippen LogP contribution in [0.25, 0.3) is 0 Å². The van der Waals surface area contributed by atoms with Crippen LogP contribution in [0, 0.1) is 23.7 Å². The van der Waals surface area contributed by atoms with Crippen molar-refractivity contribution < 1.29 is 0 Å². The van der Waals surface area contributed by atoms with Gasteiger partial charge >= 0.3 is 0 Å². The summed E-state index contributed by atoms with van der Waals surface area (Å²) >= 11 is 0. The maximum Gasteiger partial charge on any atom is -0.0360 e. The lowest BCUT2D eigenvalue weighted by molar-refractivity contribution is 0.136. The maximum atomic E-state index is 2.39. The summed E-state index contributed by atoms with van der Waals surface area (Å²) in [6, 6.07) is 0. The van der Waals surface area contributed by atoms with Gasteiger partial charge in [0.1, 0.15) is 0 Å². The quantitative estimate of drug-likeness (QED) is 0.582. The second kappa shape index (κ2) is 4.30. The van der Waals surface area contributed by atoms with Gasteiger partial charge in [-0.25, -0.2) is 0 Å². The van der Waals surface area contributed by atoms with E-state index in [4.69, 9.17) is 0 Å². The van der Waals surface area contributed by atoms with Crippen LogP contribution < -0.4 is 0 Å². The number of hydrogen-bond acceptors (Lipinski definition) is 0. The van der Waals surface area contributed by atoms with Gasteiger partial charge in [0.05, 0.1) is 0 Å². The van der Waals surface area contributed by atoms with E-state index in [1.165, 1.54) is 25.7 Å².